The molecule has 0 heterocycles. The lowest BCUT2D eigenvalue weighted by Crippen LogP contribution is -2.17. The number of hydrogen-bond donors (Lipinski definition) is 0. The Balaban J connectivity index is 4.95. The summed E-state index contributed by atoms with van der Waals surface area (Å²) in [5, 5.41) is 0. The fourth-order valence-corrected chi connectivity index (χ4v) is 1.51. The molecule has 0 saturated heterocycles. The SMILES string of the molecule is CCCCC(C)C(=C=CC(C)CC)C(F)(F)F. The van der Waals surface area contributed by atoms with E-state index in [0.29, 0.717) is 6.42 Å². The highest BCUT2D eigenvalue weighted by Gasteiger charge is 2.36. The molecule has 0 aliphatic heterocycles. The van der Waals surface area contributed by atoms with Gasteiger partial charge >= 0.3 is 6.18 Å². The molecule has 0 fully saturated rings. The molecular formula is C14H23F3. The van der Waals surface area contributed by atoms with Crippen LogP contribution in [-0.2, 0) is 0 Å². The molecule has 0 aliphatic carbocycles. The van der Waals surface area contributed by atoms with Crippen molar-refractivity contribution in [3.05, 3.63) is 17.4 Å². The summed E-state index contributed by atoms with van der Waals surface area (Å²) in [4.78, 5) is 0. The molecule has 0 radical (unpaired) electrons. The van der Waals surface area contributed by atoms with E-state index in [1.807, 2.05) is 20.8 Å². The van der Waals surface area contributed by atoms with E-state index in [0.717, 1.165) is 19.3 Å². The molecule has 0 aliphatic rings. The van der Waals surface area contributed by atoms with Crippen molar-refractivity contribution in [2.75, 3.05) is 0 Å². The molecule has 0 bridgehead atoms. The zero-order valence-electron chi connectivity index (χ0n) is 11.2. The highest BCUT2D eigenvalue weighted by Crippen LogP contribution is 2.33. The fraction of sp³-hybridized carbons (Fsp3) is 0.786. The Hall–Kier alpha value is -0.690. The van der Waals surface area contributed by atoms with Crippen LogP contribution in [0.5, 0.6) is 0 Å². The van der Waals surface area contributed by atoms with E-state index in [2.05, 4.69) is 5.73 Å². The average Bonchev–Trinajstić information content (AvgIpc) is 2.24. The van der Waals surface area contributed by atoms with Crippen molar-refractivity contribution in [3.63, 3.8) is 0 Å². The van der Waals surface area contributed by atoms with Gasteiger partial charge in [-0.15, -0.1) is 5.73 Å². The van der Waals surface area contributed by atoms with E-state index >= 15 is 0 Å². The third-order valence-electron chi connectivity index (χ3n) is 2.96. The van der Waals surface area contributed by atoms with Gasteiger partial charge in [-0.3, -0.25) is 0 Å². The van der Waals surface area contributed by atoms with Crippen LogP contribution in [0.3, 0.4) is 0 Å². The maximum absolute atomic E-state index is 12.8. The van der Waals surface area contributed by atoms with Crippen molar-refractivity contribution in [2.45, 2.75) is 59.6 Å². The van der Waals surface area contributed by atoms with Crippen LogP contribution in [0.4, 0.5) is 13.2 Å². The van der Waals surface area contributed by atoms with E-state index in [9.17, 15) is 13.2 Å². The lowest BCUT2D eigenvalue weighted by molar-refractivity contribution is -0.0984. The smallest absolute Gasteiger partial charge is 0.166 e. The zero-order valence-corrected chi connectivity index (χ0v) is 11.2. The minimum atomic E-state index is -4.25. The van der Waals surface area contributed by atoms with Gasteiger partial charge in [0.2, 0.25) is 0 Å². The summed E-state index contributed by atoms with van der Waals surface area (Å²) in [5.41, 5.74) is 1.98. The Morgan fingerprint density at radius 1 is 1.24 bits per heavy atom. The van der Waals surface area contributed by atoms with E-state index in [1.54, 1.807) is 13.0 Å². The summed E-state index contributed by atoms with van der Waals surface area (Å²) in [6, 6.07) is 0. The molecule has 0 aromatic carbocycles. The van der Waals surface area contributed by atoms with Crippen LogP contribution in [0.25, 0.3) is 0 Å². The number of allylic oxidation sites excluding steroid dienone is 1. The van der Waals surface area contributed by atoms with E-state index in [1.165, 1.54) is 0 Å². The summed E-state index contributed by atoms with van der Waals surface area (Å²) >= 11 is 0. The summed E-state index contributed by atoms with van der Waals surface area (Å²) in [6.45, 7) is 7.48. The number of unbranched alkanes of at least 4 members (excludes halogenated alkanes) is 1. The molecule has 0 amide bonds. The van der Waals surface area contributed by atoms with Crippen molar-refractivity contribution in [1.82, 2.24) is 0 Å². The highest BCUT2D eigenvalue weighted by molar-refractivity contribution is 5.12. The molecule has 2 atom stereocenters. The second-order valence-corrected chi connectivity index (χ2v) is 4.65. The summed E-state index contributed by atoms with van der Waals surface area (Å²) in [7, 11) is 0. The lowest BCUT2D eigenvalue weighted by atomic mass is 9.95. The van der Waals surface area contributed by atoms with Crippen LogP contribution in [0, 0.1) is 11.8 Å². The Morgan fingerprint density at radius 3 is 2.24 bits per heavy atom. The van der Waals surface area contributed by atoms with Gasteiger partial charge in [-0.25, -0.2) is 0 Å². The number of halogens is 3. The maximum Gasteiger partial charge on any atom is 0.420 e. The summed E-state index contributed by atoms with van der Waals surface area (Å²) in [5.74, 6) is -0.319. The van der Waals surface area contributed by atoms with Crippen LogP contribution in [-0.4, -0.2) is 6.18 Å². The van der Waals surface area contributed by atoms with Crippen LogP contribution in [0.2, 0.25) is 0 Å². The third-order valence-corrected chi connectivity index (χ3v) is 2.96. The van der Waals surface area contributed by atoms with Crippen molar-refractivity contribution in [3.8, 4) is 0 Å². The first-order valence-corrected chi connectivity index (χ1v) is 6.36. The number of alkyl halides is 3. The van der Waals surface area contributed by atoms with Gasteiger partial charge in [-0.2, -0.15) is 13.2 Å². The molecule has 0 saturated carbocycles. The van der Waals surface area contributed by atoms with E-state index < -0.39 is 17.7 Å². The van der Waals surface area contributed by atoms with Gasteiger partial charge in [0.1, 0.15) is 0 Å². The van der Waals surface area contributed by atoms with Crippen LogP contribution in [0.1, 0.15) is 53.4 Å². The average molecular weight is 248 g/mol. The van der Waals surface area contributed by atoms with Gasteiger partial charge < -0.3 is 0 Å². The van der Waals surface area contributed by atoms with Crippen LogP contribution < -0.4 is 0 Å². The Morgan fingerprint density at radius 2 is 1.82 bits per heavy atom. The van der Waals surface area contributed by atoms with Gasteiger partial charge in [0, 0.05) is 0 Å². The third kappa shape index (κ3) is 6.58. The Kier molecular flexibility index (Phi) is 7.29. The highest BCUT2D eigenvalue weighted by atomic mass is 19.4. The summed E-state index contributed by atoms with van der Waals surface area (Å²) < 4.78 is 38.5. The maximum atomic E-state index is 12.8. The second-order valence-electron chi connectivity index (χ2n) is 4.65. The van der Waals surface area contributed by atoms with Crippen molar-refractivity contribution >= 4 is 0 Å². The van der Waals surface area contributed by atoms with Crippen LogP contribution >= 0.6 is 0 Å². The topological polar surface area (TPSA) is 0 Å². The molecule has 0 N–H and O–H groups in total. The van der Waals surface area contributed by atoms with Gasteiger partial charge in [0.15, 0.2) is 0 Å². The van der Waals surface area contributed by atoms with E-state index in [4.69, 9.17) is 0 Å². The van der Waals surface area contributed by atoms with Crippen molar-refractivity contribution in [2.24, 2.45) is 11.8 Å². The quantitative estimate of drug-likeness (QED) is 0.544. The molecule has 17 heavy (non-hydrogen) atoms. The minimum absolute atomic E-state index is 0.144. The van der Waals surface area contributed by atoms with Gasteiger partial charge in [0.25, 0.3) is 0 Å². The van der Waals surface area contributed by atoms with Crippen molar-refractivity contribution < 1.29 is 13.2 Å². The second kappa shape index (κ2) is 7.60. The Bertz CT molecular complexity index is 270. The molecule has 0 rings (SSSR count). The number of hydrogen-bond acceptors (Lipinski definition) is 0. The van der Waals surface area contributed by atoms with Gasteiger partial charge in [0.05, 0.1) is 5.57 Å². The lowest BCUT2D eigenvalue weighted by Gasteiger charge is -2.16. The monoisotopic (exact) mass is 248 g/mol. The van der Waals surface area contributed by atoms with Crippen LogP contribution in [0.15, 0.2) is 17.4 Å². The van der Waals surface area contributed by atoms with Gasteiger partial charge in [-0.05, 0) is 30.8 Å². The Labute approximate surface area is 103 Å². The largest absolute Gasteiger partial charge is 0.420 e. The molecule has 3 heteroatoms. The zero-order chi connectivity index (χ0) is 13.5. The van der Waals surface area contributed by atoms with E-state index in [-0.39, 0.29) is 5.92 Å². The first kappa shape index (κ1) is 16.3. The fourth-order valence-electron chi connectivity index (χ4n) is 1.51. The molecule has 100 valence electrons. The van der Waals surface area contributed by atoms with Crippen molar-refractivity contribution in [1.29, 1.82) is 0 Å². The molecule has 0 aromatic heterocycles. The molecule has 0 nitrogen and oxygen atoms in total. The predicted octanol–water partition coefficient (Wildman–Crippen LogP) is 5.50. The minimum Gasteiger partial charge on any atom is -0.166 e. The van der Waals surface area contributed by atoms with Gasteiger partial charge in [-0.1, -0.05) is 40.5 Å². The first-order chi connectivity index (χ1) is 7.82. The first-order valence-electron chi connectivity index (χ1n) is 6.36. The molecular weight excluding hydrogens is 225 g/mol. The molecule has 0 spiro atoms. The standard InChI is InChI=1S/C14H23F3/c1-5-7-8-12(4)13(14(15,16)17)10-9-11(3)6-2/h9,11-12H,5-8H2,1-4H3. The normalized spacial score (nSPS) is 15.0. The summed E-state index contributed by atoms with van der Waals surface area (Å²) in [6.07, 6.45) is 0.451. The molecule has 2 unspecified atom stereocenters. The predicted molar refractivity (Wildman–Crippen MR) is 65.8 cm³/mol. The number of rotatable bonds is 6. The molecule has 0 aromatic rings.